The van der Waals surface area contributed by atoms with Gasteiger partial charge in [-0.25, -0.2) is 9.40 Å². The highest BCUT2D eigenvalue weighted by Crippen LogP contribution is 2.33. The number of likely N-dealkylation sites (N-methyl/N-ethyl adjacent to an activating group) is 1. The number of nitrogens with zero attached hydrogens (tertiary/aromatic N) is 2. The topological polar surface area (TPSA) is 44.7 Å². The highest BCUT2D eigenvalue weighted by atomic mass is 35.5. The van der Waals surface area contributed by atoms with Crippen molar-refractivity contribution in [1.82, 2.24) is 10.3 Å². The van der Waals surface area contributed by atoms with Gasteiger partial charge in [0.25, 0.3) is 5.91 Å². The molecule has 1 N–H and O–H groups in total. The summed E-state index contributed by atoms with van der Waals surface area (Å²) in [7, 11) is 1.70. The fraction of sp³-hybridized carbons (Fsp3) is 0.222. The van der Waals surface area contributed by atoms with Crippen LogP contribution in [0.2, 0.25) is 5.02 Å². The van der Waals surface area contributed by atoms with Crippen molar-refractivity contribution in [1.29, 1.82) is 0 Å². The Hall–Kier alpha value is -2.24. The molecule has 4 nitrogen and oxygen atoms in total. The van der Waals surface area contributed by atoms with Crippen molar-refractivity contribution in [3.63, 3.8) is 0 Å². The lowest BCUT2D eigenvalue weighted by Crippen LogP contribution is -2.34. The fourth-order valence-corrected chi connectivity index (χ4v) is 2.90. The number of carbonyl (C=O) groups is 1. The minimum Gasteiger partial charge on any atom is -0.311 e. The van der Waals surface area contributed by atoms with Crippen LogP contribution in [-0.4, -0.2) is 30.2 Å². The van der Waals surface area contributed by atoms with Crippen LogP contribution in [0.5, 0.6) is 0 Å². The molecule has 1 amide bonds. The Bertz CT molecular complexity index is 776. The average Bonchev–Trinajstić information content (AvgIpc) is 3.01. The molecule has 1 atom stereocenters. The van der Waals surface area contributed by atoms with E-state index in [1.165, 1.54) is 11.1 Å². The molecule has 124 valence electrons. The van der Waals surface area contributed by atoms with Crippen molar-refractivity contribution in [2.24, 2.45) is 5.10 Å². The van der Waals surface area contributed by atoms with E-state index < -0.39 is 0 Å². The lowest BCUT2D eigenvalue weighted by Gasteiger charge is -2.22. The van der Waals surface area contributed by atoms with Crippen molar-refractivity contribution >= 4 is 23.2 Å². The van der Waals surface area contributed by atoms with Crippen LogP contribution in [0.1, 0.15) is 23.6 Å². The Kier molecular flexibility index (Phi) is 4.92. The van der Waals surface area contributed by atoms with Crippen molar-refractivity contribution in [2.45, 2.75) is 12.5 Å². The van der Waals surface area contributed by atoms with Gasteiger partial charge in [0.15, 0.2) is 0 Å². The van der Waals surface area contributed by atoms with Crippen molar-refractivity contribution in [3.8, 4) is 0 Å². The van der Waals surface area contributed by atoms with Crippen molar-refractivity contribution in [2.75, 3.05) is 13.6 Å². The van der Waals surface area contributed by atoms with Gasteiger partial charge in [0.2, 0.25) is 0 Å². The van der Waals surface area contributed by atoms with Gasteiger partial charge < -0.3 is 5.32 Å². The molecule has 3 rings (SSSR count). The molecule has 2 aromatic carbocycles. The third-order valence-electron chi connectivity index (χ3n) is 3.93. The average molecular weight is 346 g/mol. The molecule has 1 aliphatic heterocycles. The van der Waals surface area contributed by atoms with Gasteiger partial charge in [-0.05, 0) is 30.8 Å². The summed E-state index contributed by atoms with van der Waals surface area (Å²) in [6, 6.07) is 13.5. The first-order valence-corrected chi connectivity index (χ1v) is 8.02. The molecule has 0 saturated heterocycles. The molecule has 1 aliphatic rings. The first-order chi connectivity index (χ1) is 11.6. The van der Waals surface area contributed by atoms with E-state index in [0.717, 1.165) is 5.56 Å². The Morgan fingerprint density at radius 3 is 2.67 bits per heavy atom. The molecule has 1 unspecified atom stereocenters. The number of carbonyl (C=O) groups excluding carboxylic acids is 1. The molecule has 1 heterocycles. The first-order valence-electron chi connectivity index (χ1n) is 7.64. The number of halogens is 2. The summed E-state index contributed by atoms with van der Waals surface area (Å²) < 4.78 is 14.1. The summed E-state index contributed by atoms with van der Waals surface area (Å²) >= 11 is 5.94. The van der Waals surface area contributed by atoms with Crippen molar-refractivity contribution in [3.05, 3.63) is 70.5 Å². The van der Waals surface area contributed by atoms with Gasteiger partial charge in [0, 0.05) is 17.0 Å². The Labute approximate surface area is 144 Å². The summed E-state index contributed by atoms with van der Waals surface area (Å²) in [5, 5.41) is 9.30. The van der Waals surface area contributed by atoms with E-state index in [2.05, 4.69) is 10.4 Å². The van der Waals surface area contributed by atoms with E-state index in [9.17, 15) is 9.18 Å². The molecule has 0 aliphatic carbocycles. The van der Waals surface area contributed by atoms with E-state index in [-0.39, 0.29) is 24.3 Å². The molecule has 0 spiro atoms. The molecule has 24 heavy (non-hydrogen) atoms. The maximum atomic E-state index is 14.1. The number of benzene rings is 2. The van der Waals surface area contributed by atoms with Crippen LogP contribution in [0.4, 0.5) is 4.39 Å². The van der Waals surface area contributed by atoms with Gasteiger partial charge in [-0.3, -0.25) is 4.79 Å². The summed E-state index contributed by atoms with van der Waals surface area (Å²) in [5.41, 5.74) is 1.91. The molecular weight excluding hydrogens is 329 g/mol. The zero-order valence-electron chi connectivity index (χ0n) is 13.2. The molecule has 0 aromatic heterocycles. The second-order valence-electron chi connectivity index (χ2n) is 5.57. The minimum absolute atomic E-state index is 0.163. The van der Waals surface area contributed by atoms with Crippen LogP contribution >= 0.6 is 11.6 Å². The van der Waals surface area contributed by atoms with Gasteiger partial charge in [-0.2, -0.15) is 5.10 Å². The van der Waals surface area contributed by atoms with E-state index >= 15 is 0 Å². The third-order valence-corrected chi connectivity index (χ3v) is 4.19. The normalized spacial score (nSPS) is 17.0. The lowest BCUT2D eigenvalue weighted by molar-refractivity contribution is -0.131. The molecule has 2 aromatic rings. The van der Waals surface area contributed by atoms with E-state index in [1.54, 1.807) is 37.4 Å². The third kappa shape index (κ3) is 3.32. The number of nitrogens with one attached hydrogen (secondary N) is 1. The zero-order valence-corrected chi connectivity index (χ0v) is 13.9. The molecular formula is C18H17ClFN3O. The summed E-state index contributed by atoms with van der Waals surface area (Å²) in [4.78, 5) is 12.4. The van der Waals surface area contributed by atoms with Gasteiger partial charge in [0.1, 0.15) is 5.82 Å². The van der Waals surface area contributed by atoms with Gasteiger partial charge >= 0.3 is 0 Å². The van der Waals surface area contributed by atoms with Crippen LogP contribution in [-0.2, 0) is 4.79 Å². The van der Waals surface area contributed by atoms with Crippen LogP contribution in [0, 0.1) is 5.82 Å². The van der Waals surface area contributed by atoms with Gasteiger partial charge in [0.05, 0.1) is 18.3 Å². The standard InChI is InChI=1S/C18H17ClFN3O/c1-21-11-18(24)23-17(12-6-8-13(19)9-7-12)10-16(22-23)14-4-2-3-5-15(14)20/h2-9,17,21H,10-11H2,1H3. The van der Waals surface area contributed by atoms with E-state index in [4.69, 9.17) is 11.6 Å². The lowest BCUT2D eigenvalue weighted by atomic mass is 9.98. The Morgan fingerprint density at radius 2 is 2.00 bits per heavy atom. The maximum absolute atomic E-state index is 14.1. The number of hydrogen-bond acceptors (Lipinski definition) is 3. The fourth-order valence-electron chi connectivity index (χ4n) is 2.78. The molecule has 0 fully saturated rings. The molecule has 6 heteroatoms. The molecule has 0 saturated carbocycles. The second kappa shape index (κ2) is 7.11. The summed E-state index contributed by atoms with van der Waals surface area (Å²) in [6.45, 7) is 0.165. The van der Waals surface area contributed by atoms with Crippen molar-refractivity contribution < 1.29 is 9.18 Å². The first kappa shape index (κ1) is 16.6. The number of hydrogen-bond donors (Lipinski definition) is 1. The summed E-state index contributed by atoms with van der Waals surface area (Å²) in [6.07, 6.45) is 0.456. The minimum atomic E-state index is -0.339. The van der Waals surface area contributed by atoms with Gasteiger partial charge in [-0.1, -0.05) is 41.9 Å². The van der Waals surface area contributed by atoms with E-state index in [0.29, 0.717) is 22.7 Å². The smallest absolute Gasteiger partial charge is 0.257 e. The Morgan fingerprint density at radius 1 is 1.29 bits per heavy atom. The number of rotatable bonds is 4. The number of amides is 1. The molecule has 0 bridgehead atoms. The summed E-state index contributed by atoms with van der Waals surface area (Å²) in [5.74, 6) is -0.502. The van der Waals surface area contributed by atoms with Crippen LogP contribution in [0.15, 0.2) is 53.6 Å². The predicted molar refractivity (Wildman–Crippen MR) is 92.5 cm³/mol. The Balaban J connectivity index is 1.96. The second-order valence-corrected chi connectivity index (χ2v) is 6.00. The SMILES string of the molecule is CNCC(=O)N1N=C(c2ccccc2F)CC1c1ccc(Cl)cc1. The highest BCUT2D eigenvalue weighted by Gasteiger charge is 2.33. The van der Waals surface area contributed by atoms with Crippen LogP contribution < -0.4 is 5.32 Å². The number of hydrazone groups is 1. The van der Waals surface area contributed by atoms with E-state index in [1.807, 2.05) is 12.1 Å². The molecule has 0 radical (unpaired) electrons. The van der Waals surface area contributed by atoms with Gasteiger partial charge in [-0.15, -0.1) is 0 Å². The van der Waals surface area contributed by atoms with Crippen LogP contribution in [0.25, 0.3) is 0 Å². The maximum Gasteiger partial charge on any atom is 0.257 e. The van der Waals surface area contributed by atoms with Crippen LogP contribution in [0.3, 0.4) is 0 Å². The zero-order chi connectivity index (χ0) is 17.1. The largest absolute Gasteiger partial charge is 0.311 e. The monoisotopic (exact) mass is 345 g/mol. The highest BCUT2D eigenvalue weighted by molar-refractivity contribution is 6.30. The quantitative estimate of drug-likeness (QED) is 0.923. The predicted octanol–water partition coefficient (Wildman–Crippen LogP) is 3.38.